The molecule has 1 saturated heterocycles. The third kappa shape index (κ3) is 3.69. The second-order valence-electron chi connectivity index (χ2n) is 5.62. The zero-order chi connectivity index (χ0) is 18.0. The van der Waals surface area contributed by atoms with Crippen LogP contribution < -0.4 is 14.9 Å². The molecule has 1 aromatic carbocycles. The fourth-order valence-corrected chi connectivity index (χ4v) is 3.60. The van der Waals surface area contributed by atoms with Crippen LogP contribution in [0.1, 0.15) is 0 Å². The predicted molar refractivity (Wildman–Crippen MR) is 93.1 cm³/mol. The monoisotopic (exact) mass is 363 g/mol. The molecule has 9 nitrogen and oxygen atoms in total. The van der Waals surface area contributed by atoms with E-state index in [1.54, 1.807) is 6.20 Å². The normalized spacial score (nSPS) is 15.2. The van der Waals surface area contributed by atoms with Crippen molar-refractivity contribution < 1.29 is 13.3 Å². The number of hydrogen-bond donors (Lipinski definition) is 1. The SMILES string of the molecule is NS(=O)(=O)c1cc([N+](=O)[O-])ccc1N1CCN(c2ccccn2)CC1. The second-order valence-corrected chi connectivity index (χ2v) is 7.15. The van der Waals surface area contributed by atoms with Gasteiger partial charge in [-0.3, -0.25) is 10.1 Å². The smallest absolute Gasteiger partial charge is 0.270 e. The predicted octanol–water partition coefficient (Wildman–Crippen LogP) is 0.964. The lowest BCUT2D eigenvalue weighted by Crippen LogP contribution is -2.47. The van der Waals surface area contributed by atoms with Gasteiger partial charge in [0.2, 0.25) is 10.0 Å². The first-order valence-corrected chi connectivity index (χ1v) is 9.13. The Labute approximate surface area is 144 Å². The summed E-state index contributed by atoms with van der Waals surface area (Å²) in [6.45, 7) is 2.41. The summed E-state index contributed by atoms with van der Waals surface area (Å²) in [5, 5.41) is 16.2. The minimum atomic E-state index is -4.08. The van der Waals surface area contributed by atoms with Crippen LogP contribution in [0.2, 0.25) is 0 Å². The fourth-order valence-electron chi connectivity index (χ4n) is 2.82. The third-order valence-electron chi connectivity index (χ3n) is 4.05. The number of benzene rings is 1. The number of nitrogens with zero attached hydrogens (tertiary/aromatic N) is 4. The Hall–Kier alpha value is -2.72. The zero-order valence-electron chi connectivity index (χ0n) is 13.3. The van der Waals surface area contributed by atoms with E-state index < -0.39 is 14.9 Å². The summed E-state index contributed by atoms with van der Waals surface area (Å²) in [4.78, 5) is 18.3. The highest BCUT2D eigenvalue weighted by molar-refractivity contribution is 7.89. The second kappa shape index (κ2) is 6.65. The maximum Gasteiger partial charge on any atom is 0.270 e. The number of nitro groups is 1. The van der Waals surface area contributed by atoms with Crippen molar-refractivity contribution in [1.29, 1.82) is 0 Å². The number of nitro benzene ring substituents is 1. The van der Waals surface area contributed by atoms with Crippen molar-refractivity contribution in [2.24, 2.45) is 5.14 Å². The highest BCUT2D eigenvalue weighted by Crippen LogP contribution is 2.29. The third-order valence-corrected chi connectivity index (χ3v) is 4.99. The molecule has 10 heteroatoms. The zero-order valence-corrected chi connectivity index (χ0v) is 14.1. The van der Waals surface area contributed by atoms with Crippen LogP contribution in [0.15, 0.2) is 47.5 Å². The number of nitrogens with two attached hydrogens (primary N) is 1. The lowest BCUT2D eigenvalue weighted by molar-refractivity contribution is -0.385. The maximum absolute atomic E-state index is 11.9. The van der Waals surface area contributed by atoms with Crippen LogP contribution in [0.4, 0.5) is 17.2 Å². The number of pyridine rings is 1. The first-order valence-electron chi connectivity index (χ1n) is 7.58. The summed E-state index contributed by atoms with van der Waals surface area (Å²) >= 11 is 0. The van der Waals surface area contributed by atoms with Gasteiger partial charge in [0, 0.05) is 44.5 Å². The minimum Gasteiger partial charge on any atom is -0.367 e. The number of sulfonamides is 1. The fraction of sp³-hybridized carbons (Fsp3) is 0.267. The Kier molecular flexibility index (Phi) is 4.55. The summed E-state index contributed by atoms with van der Waals surface area (Å²) in [6.07, 6.45) is 1.72. The minimum absolute atomic E-state index is 0.229. The molecule has 2 heterocycles. The van der Waals surface area contributed by atoms with Crippen molar-refractivity contribution in [2.45, 2.75) is 4.90 Å². The standard InChI is InChI=1S/C15H17N5O4S/c16-25(23,24)14-11-12(20(21)22)4-5-13(14)18-7-9-19(10-8-18)15-3-1-2-6-17-15/h1-6,11H,7-10H2,(H2,16,23,24). The molecule has 3 rings (SSSR count). The molecule has 0 atom stereocenters. The molecule has 25 heavy (non-hydrogen) atoms. The van der Waals surface area contributed by atoms with E-state index in [1.807, 2.05) is 23.1 Å². The highest BCUT2D eigenvalue weighted by Gasteiger charge is 2.25. The number of non-ortho nitro benzene ring substituents is 1. The van der Waals surface area contributed by atoms with Gasteiger partial charge in [-0.2, -0.15) is 0 Å². The van der Waals surface area contributed by atoms with Gasteiger partial charge in [-0.1, -0.05) is 6.07 Å². The molecule has 132 valence electrons. The average Bonchev–Trinajstić information content (AvgIpc) is 2.61. The molecule has 2 aromatic rings. The Morgan fingerprint density at radius 2 is 1.76 bits per heavy atom. The molecule has 1 aromatic heterocycles. The number of rotatable bonds is 4. The van der Waals surface area contributed by atoms with E-state index in [-0.39, 0.29) is 10.6 Å². The van der Waals surface area contributed by atoms with E-state index in [9.17, 15) is 18.5 Å². The van der Waals surface area contributed by atoms with E-state index >= 15 is 0 Å². The van der Waals surface area contributed by atoms with Crippen molar-refractivity contribution in [1.82, 2.24) is 4.98 Å². The molecule has 0 saturated carbocycles. The van der Waals surface area contributed by atoms with E-state index in [4.69, 9.17) is 5.14 Å². The number of piperazine rings is 1. The lowest BCUT2D eigenvalue weighted by atomic mass is 10.2. The van der Waals surface area contributed by atoms with Gasteiger partial charge >= 0.3 is 0 Å². The van der Waals surface area contributed by atoms with Crippen molar-refractivity contribution in [3.8, 4) is 0 Å². The average molecular weight is 363 g/mol. The van der Waals surface area contributed by atoms with Crippen LogP contribution in [0.5, 0.6) is 0 Å². The molecular formula is C15H17N5O4S. The van der Waals surface area contributed by atoms with Crippen LogP contribution >= 0.6 is 0 Å². The largest absolute Gasteiger partial charge is 0.367 e. The van der Waals surface area contributed by atoms with Crippen molar-refractivity contribution in [2.75, 3.05) is 36.0 Å². The first-order chi connectivity index (χ1) is 11.9. The molecule has 1 aliphatic rings. The van der Waals surface area contributed by atoms with Gasteiger partial charge in [0.05, 0.1) is 10.6 Å². The van der Waals surface area contributed by atoms with Crippen LogP contribution in [0.25, 0.3) is 0 Å². The van der Waals surface area contributed by atoms with Crippen molar-refractivity contribution >= 4 is 27.2 Å². The van der Waals surface area contributed by atoms with Crippen molar-refractivity contribution in [3.63, 3.8) is 0 Å². The molecule has 0 bridgehead atoms. The summed E-state index contributed by atoms with van der Waals surface area (Å²) < 4.78 is 23.7. The van der Waals surface area contributed by atoms with Crippen LogP contribution in [0, 0.1) is 10.1 Å². The lowest BCUT2D eigenvalue weighted by Gasteiger charge is -2.37. The maximum atomic E-state index is 11.9. The molecule has 0 radical (unpaired) electrons. The highest BCUT2D eigenvalue weighted by atomic mass is 32.2. The molecular weight excluding hydrogens is 346 g/mol. The van der Waals surface area contributed by atoms with Crippen LogP contribution in [0.3, 0.4) is 0 Å². The summed E-state index contributed by atoms with van der Waals surface area (Å²) in [7, 11) is -4.08. The molecule has 2 N–H and O–H groups in total. The van der Waals surface area contributed by atoms with Crippen molar-refractivity contribution in [3.05, 3.63) is 52.7 Å². The molecule has 1 fully saturated rings. The van der Waals surface area contributed by atoms with Gasteiger partial charge in [0.15, 0.2) is 0 Å². The molecule has 0 aliphatic carbocycles. The number of primary sulfonamides is 1. The van der Waals surface area contributed by atoms with Gasteiger partial charge in [0.1, 0.15) is 10.7 Å². The van der Waals surface area contributed by atoms with Gasteiger partial charge in [-0.05, 0) is 18.2 Å². The summed E-state index contributed by atoms with van der Waals surface area (Å²) in [5.74, 6) is 0.859. The van der Waals surface area contributed by atoms with E-state index in [0.29, 0.717) is 31.9 Å². The molecule has 0 unspecified atom stereocenters. The Balaban J connectivity index is 1.85. The molecule has 1 aliphatic heterocycles. The number of anilines is 2. The van der Waals surface area contributed by atoms with E-state index in [1.165, 1.54) is 12.1 Å². The first kappa shape index (κ1) is 17.1. The van der Waals surface area contributed by atoms with Crippen LogP contribution in [-0.4, -0.2) is 44.5 Å². The number of aromatic nitrogens is 1. The Morgan fingerprint density at radius 1 is 1.08 bits per heavy atom. The topological polar surface area (TPSA) is 123 Å². The van der Waals surface area contributed by atoms with Crippen LogP contribution in [-0.2, 0) is 10.0 Å². The van der Waals surface area contributed by atoms with E-state index in [2.05, 4.69) is 9.88 Å². The van der Waals surface area contributed by atoms with E-state index in [0.717, 1.165) is 11.9 Å². The van der Waals surface area contributed by atoms with Gasteiger partial charge in [0.25, 0.3) is 5.69 Å². The molecule has 0 spiro atoms. The summed E-state index contributed by atoms with van der Waals surface area (Å²) in [6, 6.07) is 9.40. The van der Waals surface area contributed by atoms with Gasteiger partial charge in [-0.25, -0.2) is 18.5 Å². The Bertz CT molecular complexity index is 880. The number of hydrogen-bond acceptors (Lipinski definition) is 7. The quantitative estimate of drug-likeness (QED) is 0.634. The summed E-state index contributed by atoms with van der Waals surface area (Å²) in [5.41, 5.74) is 0.0775. The van der Waals surface area contributed by atoms with Gasteiger partial charge in [-0.15, -0.1) is 0 Å². The molecule has 0 amide bonds. The van der Waals surface area contributed by atoms with Gasteiger partial charge < -0.3 is 9.80 Å². The Morgan fingerprint density at radius 3 is 2.32 bits per heavy atom.